The summed E-state index contributed by atoms with van der Waals surface area (Å²) in [4.78, 5) is 15.2. The standard InChI is InChI=1S/C18H22BrF3N2O2/c1-26-15-10-11(18(20,21)22)9-12(19)16(15)17(25)23-13-5-4-6-14(13)24-7-2-3-8-24/h9-10,13-14H,2-8H2,1H3,(H,23,25)/t13-,14+/m1/s1. The van der Waals surface area contributed by atoms with Gasteiger partial charge in [0.25, 0.3) is 5.91 Å². The molecule has 144 valence electrons. The van der Waals surface area contributed by atoms with E-state index in [1.807, 2.05) is 0 Å². The Bertz CT molecular complexity index is 675. The lowest BCUT2D eigenvalue weighted by atomic mass is 10.1. The molecule has 1 saturated carbocycles. The lowest BCUT2D eigenvalue weighted by Gasteiger charge is -2.30. The fourth-order valence-electron chi connectivity index (χ4n) is 3.99. The van der Waals surface area contributed by atoms with E-state index < -0.39 is 17.6 Å². The van der Waals surface area contributed by atoms with E-state index in [1.54, 1.807) is 0 Å². The summed E-state index contributed by atoms with van der Waals surface area (Å²) in [5.74, 6) is -0.488. The zero-order chi connectivity index (χ0) is 18.9. The lowest BCUT2D eigenvalue weighted by molar-refractivity contribution is -0.137. The molecule has 2 fully saturated rings. The Balaban J connectivity index is 1.81. The second kappa shape index (κ2) is 7.76. The normalized spacial score (nSPS) is 24.0. The SMILES string of the molecule is COc1cc(C(F)(F)F)cc(Br)c1C(=O)N[C@@H]1CCC[C@@H]1N1CCCC1. The van der Waals surface area contributed by atoms with Gasteiger partial charge in [-0.2, -0.15) is 13.2 Å². The molecule has 0 radical (unpaired) electrons. The average molecular weight is 435 g/mol. The quantitative estimate of drug-likeness (QED) is 0.770. The molecule has 1 N–H and O–H groups in total. The van der Waals surface area contributed by atoms with Crippen LogP contribution in [0.15, 0.2) is 16.6 Å². The van der Waals surface area contributed by atoms with Crippen molar-refractivity contribution >= 4 is 21.8 Å². The van der Waals surface area contributed by atoms with E-state index in [0.717, 1.165) is 44.5 Å². The molecule has 8 heteroatoms. The first-order chi connectivity index (χ1) is 12.3. The Morgan fingerprint density at radius 3 is 2.54 bits per heavy atom. The maximum atomic E-state index is 13.0. The predicted molar refractivity (Wildman–Crippen MR) is 95.4 cm³/mol. The van der Waals surface area contributed by atoms with E-state index in [9.17, 15) is 18.0 Å². The Morgan fingerprint density at radius 1 is 1.23 bits per heavy atom. The largest absolute Gasteiger partial charge is 0.496 e. The van der Waals surface area contributed by atoms with Crippen LogP contribution in [0.4, 0.5) is 13.2 Å². The van der Waals surface area contributed by atoms with Gasteiger partial charge in [0.2, 0.25) is 0 Å². The van der Waals surface area contributed by atoms with E-state index >= 15 is 0 Å². The van der Waals surface area contributed by atoms with E-state index in [4.69, 9.17) is 4.74 Å². The molecule has 3 rings (SSSR count). The third-order valence-corrected chi connectivity index (χ3v) is 5.86. The molecule has 0 spiro atoms. The molecule has 1 saturated heterocycles. The molecule has 1 aromatic carbocycles. The van der Waals surface area contributed by atoms with Gasteiger partial charge in [0, 0.05) is 16.6 Å². The van der Waals surface area contributed by atoms with Crippen molar-refractivity contribution in [2.24, 2.45) is 0 Å². The van der Waals surface area contributed by atoms with Crippen LogP contribution in [-0.4, -0.2) is 43.1 Å². The molecule has 0 bridgehead atoms. The van der Waals surface area contributed by atoms with Crippen molar-refractivity contribution in [1.29, 1.82) is 0 Å². The molecule has 26 heavy (non-hydrogen) atoms. The number of carbonyl (C=O) groups is 1. The van der Waals surface area contributed by atoms with Crippen molar-refractivity contribution in [1.82, 2.24) is 10.2 Å². The number of likely N-dealkylation sites (tertiary alicyclic amines) is 1. The van der Waals surface area contributed by atoms with Crippen molar-refractivity contribution in [2.45, 2.75) is 50.4 Å². The van der Waals surface area contributed by atoms with Gasteiger partial charge < -0.3 is 10.1 Å². The molecule has 1 aliphatic heterocycles. The van der Waals surface area contributed by atoms with Gasteiger partial charge in [0.05, 0.1) is 18.2 Å². The zero-order valence-electron chi connectivity index (χ0n) is 14.5. The third-order valence-electron chi connectivity index (χ3n) is 5.23. The highest BCUT2D eigenvalue weighted by Crippen LogP contribution is 2.37. The van der Waals surface area contributed by atoms with Crippen molar-refractivity contribution in [3.8, 4) is 5.75 Å². The summed E-state index contributed by atoms with van der Waals surface area (Å²) in [6.45, 7) is 2.09. The van der Waals surface area contributed by atoms with Gasteiger partial charge in [-0.3, -0.25) is 9.69 Å². The highest BCUT2D eigenvalue weighted by atomic mass is 79.9. The number of halogens is 4. The number of hydrogen-bond donors (Lipinski definition) is 1. The smallest absolute Gasteiger partial charge is 0.416 e. The van der Waals surface area contributed by atoms with E-state index in [2.05, 4.69) is 26.1 Å². The monoisotopic (exact) mass is 434 g/mol. The summed E-state index contributed by atoms with van der Waals surface area (Å²) in [5, 5.41) is 3.02. The van der Waals surface area contributed by atoms with Gasteiger partial charge in [-0.05, 0) is 73.3 Å². The maximum absolute atomic E-state index is 13.0. The number of ether oxygens (including phenoxy) is 1. The molecule has 0 unspecified atom stereocenters. The highest BCUT2D eigenvalue weighted by Gasteiger charge is 2.36. The summed E-state index contributed by atoms with van der Waals surface area (Å²) in [6.07, 6.45) is 0.809. The van der Waals surface area contributed by atoms with Crippen LogP contribution in [0.2, 0.25) is 0 Å². The summed E-state index contributed by atoms with van der Waals surface area (Å²) < 4.78 is 44.1. The second-order valence-electron chi connectivity index (χ2n) is 6.85. The van der Waals surface area contributed by atoms with Crippen molar-refractivity contribution in [3.05, 3.63) is 27.7 Å². The summed E-state index contributed by atoms with van der Waals surface area (Å²) >= 11 is 3.11. The van der Waals surface area contributed by atoms with Crippen LogP contribution in [-0.2, 0) is 6.18 Å². The number of hydrogen-bond acceptors (Lipinski definition) is 3. The topological polar surface area (TPSA) is 41.6 Å². The number of benzene rings is 1. The van der Waals surface area contributed by atoms with Crippen molar-refractivity contribution < 1.29 is 22.7 Å². The van der Waals surface area contributed by atoms with Crippen molar-refractivity contribution in [2.75, 3.05) is 20.2 Å². The van der Waals surface area contributed by atoms with Gasteiger partial charge >= 0.3 is 6.18 Å². The fourth-order valence-corrected chi connectivity index (χ4v) is 4.61. The molecular formula is C18H22BrF3N2O2. The maximum Gasteiger partial charge on any atom is 0.416 e. The molecule has 1 heterocycles. The minimum atomic E-state index is -4.50. The first-order valence-electron chi connectivity index (χ1n) is 8.81. The lowest BCUT2D eigenvalue weighted by Crippen LogP contribution is -2.47. The molecule has 0 aromatic heterocycles. The summed E-state index contributed by atoms with van der Waals surface area (Å²) in [5.41, 5.74) is -0.749. The number of amides is 1. The Kier molecular flexibility index (Phi) is 5.81. The third kappa shape index (κ3) is 4.01. The Morgan fingerprint density at radius 2 is 1.92 bits per heavy atom. The van der Waals surface area contributed by atoms with Gasteiger partial charge in [-0.25, -0.2) is 0 Å². The predicted octanol–water partition coefficient (Wildman–Crippen LogP) is 4.22. The van der Waals surface area contributed by atoms with E-state index in [1.165, 1.54) is 20.0 Å². The Hall–Kier alpha value is -1.28. The van der Waals surface area contributed by atoms with Crippen LogP contribution < -0.4 is 10.1 Å². The van der Waals surface area contributed by atoms with Crippen LogP contribution in [0, 0.1) is 0 Å². The second-order valence-corrected chi connectivity index (χ2v) is 7.71. The Labute approximate surface area is 159 Å². The van der Waals surface area contributed by atoms with E-state index in [0.29, 0.717) is 6.04 Å². The van der Waals surface area contributed by atoms with Crippen LogP contribution in [0.25, 0.3) is 0 Å². The minimum Gasteiger partial charge on any atom is -0.496 e. The molecule has 1 aliphatic carbocycles. The van der Waals surface area contributed by atoms with Gasteiger partial charge in [0.15, 0.2) is 0 Å². The van der Waals surface area contributed by atoms with Crippen LogP contribution >= 0.6 is 15.9 Å². The molecule has 1 aromatic rings. The van der Waals surface area contributed by atoms with Crippen molar-refractivity contribution in [3.63, 3.8) is 0 Å². The van der Waals surface area contributed by atoms with Gasteiger partial charge in [0.1, 0.15) is 5.75 Å². The van der Waals surface area contributed by atoms with Crippen LogP contribution in [0.3, 0.4) is 0 Å². The van der Waals surface area contributed by atoms with Crippen LogP contribution in [0.1, 0.15) is 48.0 Å². The fraction of sp³-hybridized carbons (Fsp3) is 0.611. The molecule has 1 amide bonds. The van der Waals surface area contributed by atoms with Gasteiger partial charge in [-0.1, -0.05) is 0 Å². The molecule has 4 nitrogen and oxygen atoms in total. The number of alkyl halides is 3. The molecule has 2 atom stereocenters. The number of carbonyl (C=O) groups excluding carboxylic acids is 1. The zero-order valence-corrected chi connectivity index (χ0v) is 16.1. The number of rotatable bonds is 4. The van der Waals surface area contributed by atoms with E-state index in [-0.39, 0.29) is 21.8 Å². The molecular weight excluding hydrogens is 413 g/mol. The first kappa shape index (κ1) is 19.5. The number of nitrogens with zero attached hydrogens (tertiary/aromatic N) is 1. The summed E-state index contributed by atoms with van der Waals surface area (Å²) in [7, 11) is 1.27. The molecule has 2 aliphatic rings. The minimum absolute atomic E-state index is 0.0134. The highest BCUT2D eigenvalue weighted by molar-refractivity contribution is 9.10. The van der Waals surface area contributed by atoms with Crippen LogP contribution in [0.5, 0.6) is 5.75 Å². The summed E-state index contributed by atoms with van der Waals surface area (Å²) in [6, 6.07) is 2.11. The first-order valence-corrected chi connectivity index (χ1v) is 9.60. The van der Waals surface area contributed by atoms with Gasteiger partial charge in [-0.15, -0.1) is 0 Å². The average Bonchev–Trinajstić information content (AvgIpc) is 3.23. The number of nitrogens with one attached hydrogen (secondary N) is 1. The number of methoxy groups -OCH3 is 1.